The molecule has 0 aromatic heterocycles. The Balaban J connectivity index is 1.60. The number of carbonyl (C=O) groups is 2. The lowest BCUT2D eigenvalue weighted by molar-refractivity contribution is -0.313. The largest absolute Gasteiger partial charge is 0.550 e. The number of nitrogens with zero attached hydrogens (tertiary/aromatic N) is 2. The third kappa shape index (κ3) is 4.31. The van der Waals surface area contributed by atoms with Crippen LogP contribution in [0, 0.1) is 11.8 Å². The summed E-state index contributed by atoms with van der Waals surface area (Å²) >= 11 is 0. The van der Waals surface area contributed by atoms with Crippen LogP contribution in [0.15, 0.2) is 24.3 Å². The Bertz CT molecular complexity index is 609. The van der Waals surface area contributed by atoms with Crippen LogP contribution in [0.25, 0.3) is 0 Å². The number of carboxylic acids is 1. The molecule has 1 N–H and O–H groups in total. The molecule has 1 amide bonds. The van der Waals surface area contributed by atoms with Crippen LogP contribution < -0.4 is 15.3 Å². The molecule has 2 unspecified atom stereocenters. The van der Waals surface area contributed by atoms with Crippen LogP contribution in [0.1, 0.15) is 25.7 Å². The minimum atomic E-state index is -1.11. The number of rotatable bonds is 4. The Hall–Kier alpha value is -2.08. The SMILES string of the molecule is CN1CCN(c2ccc(NC(=O)C3CCCCC3C(=O)[O-])cc2)CC1. The average molecular weight is 344 g/mol. The summed E-state index contributed by atoms with van der Waals surface area (Å²) < 4.78 is 0. The first-order valence-corrected chi connectivity index (χ1v) is 9.10. The van der Waals surface area contributed by atoms with Crippen LogP contribution in [0.4, 0.5) is 11.4 Å². The fourth-order valence-corrected chi connectivity index (χ4v) is 3.78. The lowest BCUT2D eigenvalue weighted by Crippen LogP contribution is -2.44. The third-order valence-corrected chi connectivity index (χ3v) is 5.41. The summed E-state index contributed by atoms with van der Waals surface area (Å²) in [6, 6.07) is 7.81. The van der Waals surface area contributed by atoms with Crippen molar-refractivity contribution in [2.75, 3.05) is 43.4 Å². The first-order chi connectivity index (χ1) is 12.0. The van der Waals surface area contributed by atoms with Gasteiger partial charge in [0.1, 0.15) is 0 Å². The first kappa shape index (κ1) is 17.7. The normalized spacial score (nSPS) is 24.8. The number of hydrogen-bond donors (Lipinski definition) is 1. The predicted octanol–water partition coefficient (Wildman–Crippen LogP) is 0.933. The summed E-state index contributed by atoms with van der Waals surface area (Å²) in [5.41, 5.74) is 1.86. The zero-order valence-electron chi connectivity index (χ0n) is 14.7. The average Bonchev–Trinajstić information content (AvgIpc) is 2.63. The molecule has 1 aliphatic heterocycles. The number of carbonyl (C=O) groups excluding carboxylic acids is 2. The van der Waals surface area contributed by atoms with Crippen LogP contribution in [-0.4, -0.2) is 50.0 Å². The summed E-state index contributed by atoms with van der Waals surface area (Å²) in [5.74, 6) is -2.47. The van der Waals surface area contributed by atoms with Crippen LogP contribution in [0.5, 0.6) is 0 Å². The highest BCUT2D eigenvalue weighted by atomic mass is 16.4. The van der Waals surface area contributed by atoms with E-state index in [0.29, 0.717) is 18.5 Å². The highest BCUT2D eigenvalue weighted by molar-refractivity contribution is 5.95. The quantitative estimate of drug-likeness (QED) is 0.879. The molecule has 0 spiro atoms. The Morgan fingerprint density at radius 3 is 2.20 bits per heavy atom. The molecular weight excluding hydrogens is 318 g/mol. The molecule has 6 heteroatoms. The van der Waals surface area contributed by atoms with Gasteiger partial charge < -0.3 is 25.0 Å². The number of anilines is 2. The van der Waals surface area contributed by atoms with Crippen LogP contribution in [0.3, 0.4) is 0 Å². The van der Waals surface area contributed by atoms with Crippen molar-refractivity contribution in [2.45, 2.75) is 25.7 Å². The number of nitrogens with one attached hydrogen (secondary N) is 1. The molecule has 1 aromatic carbocycles. The lowest BCUT2D eigenvalue weighted by atomic mass is 9.78. The summed E-state index contributed by atoms with van der Waals surface area (Å²) in [5, 5.41) is 14.1. The van der Waals surface area contributed by atoms with Crippen molar-refractivity contribution in [3.05, 3.63) is 24.3 Å². The van der Waals surface area contributed by atoms with Gasteiger partial charge in [-0.3, -0.25) is 4.79 Å². The van der Waals surface area contributed by atoms with Gasteiger partial charge in [-0.25, -0.2) is 0 Å². The second-order valence-electron chi connectivity index (χ2n) is 7.14. The summed E-state index contributed by atoms with van der Waals surface area (Å²) in [4.78, 5) is 28.4. The van der Waals surface area contributed by atoms with Gasteiger partial charge in [-0.15, -0.1) is 0 Å². The van der Waals surface area contributed by atoms with E-state index in [-0.39, 0.29) is 5.91 Å². The molecule has 1 aromatic rings. The predicted molar refractivity (Wildman–Crippen MR) is 95.2 cm³/mol. The van der Waals surface area contributed by atoms with Gasteiger partial charge in [0.2, 0.25) is 5.91 Å². The monoisotopic (exact) mass is 344 g/mol. The smallest absolute Gasteiger partial charge is 0.228 e. The maximum Gasteiger partial charge on any atom is 0.228 e. The van der Waals surface area contributed by atoms with E-state index < -0.39 is 17.8 Å². The van der Waals surface area contributed by atoms with E-state index >= 15 is 0 Å². The van der Waals surface area contributed by atoms with Crippen LogP contribution >= 0.6 is 0 Å². The van der Waals surface area contributed by atoms with Gasteiger partial charge in [0, 0.05) is 55.4 Å². The molecule has 6 nitrogen and oxygen atoms in total. The van der Waals surface area contributed by atoms with Gasteiger partial charge in [-0.1, -0.05) is 12.8 Å². The van der Waals surface area contributed by atoms with Gasteiger partial charge >= 0.3 is 0 Å². The molecule has 0 radical (unpaired) electrons. The molecule has 2 aliphatic rings. The number of piperazine rings is 1. The lowest BCUT2D eigenvalue weighted by Gasteiger charge is -2.34. The summed E-state index contributed by atoms with van der Waals surface area (Å²) in [7, 11) is 2.13. The molecule has 3 rings (SSSR count). The topological polar surface area (TPSA) is 75.7 Å². The second-order valence-corrected chi connectivity index (χ2v) is 7.14. The van der Waals surface area contributed by atoms with E-state index in [2.05, 4.69) is 22.2 Å². The number of benzene rings is 1. The van der Waals surface area contributed by atoms with Crippen molar-refractivity contribution < 1.29 is 14.7 Å². The van der Waals surface area contributed by atoms with Gasteiger partial charge in [0.05, 0.1) is 0 Å². The van der Waals surface area contributed by atoms with Crippen molar-refractivity contribution in [3.63, 3.8) is 0 Å². The van der Waals surface area contributed by atoms with Gasteiger partial charge in [-0.2, -0.15) is 0 Å². The van der Waals surface area contributed by atoms with Crippen molar-refractivity contribution in [2.24, 2.45) is 11.8 Å². The Morgan fingerprint density at radius 2 is 1.60 bits per heavy atom. The molecule has 2 atom stereocenters. The fraction of sp³-hybridized carbons (Fsp3) is 0.579. The number of hydrogen-bond acceptors (Lipinski definition) is 5. The van der Waals surface area contributed by atoms with E-state index in [0.717, 1.165) is 44.7 Å². The van der Waals surface area contributed by atoms with Gasteiger partial charge in [0.25, 0.3) is 0 Å². The minimum absolute atomic E-state index is 0.207. The van der Waals surface area contributed by atoms with Crippen molar-refractivity contribution >= 4 is 23.3 Å². The highest BCUT2D eigenvalue weighted by Crippen LogP contribution is 2.31. The Morgan fingerprint density at radius 1 is 1.00 bits per heavy atom. The van der Waals surface area contributed by atoms with E-state index in [1.54, 1.807) is 0 Å². The Labute approximate surface area is 148 Å². The molecule has 25 heavy (non-hydrogen) atoms. The van der Waals surface area contributed by atoms with E-state index in [1.807, 2.05) is 24.3 Å². The van der Waals surface area contributed by atoms with Gasteiger partial charge in [0.15, 0.2) is 0 Å². The molecular formula is C19H26N3O3-. The number of amides is 1. The number of aliphatic carboxylic acids is 1. The maximum absolute atomic E-state index is 12.5. The molecule has 136 valence electrons. The second kappa shape index (κ2) is 7.87. The van der Waals surface area contributed by atoms with Crippen molar-refractivity contribution in [1.82, 2.24) is 4.90 Å². The fourth-order valence-electron chi connectivity index (χ4n) is 3.78. The molecule has 0 bridgehead atoms. The molecule has 1 saturated heterocycles. The van der Waals surface area contributed by atoms with E-state index in [9.17, 15) is 14.7 Å². The molecule has 1 saturated carbocycles. The molecule has 1 heterocycles. The first-order valence-electron chi connectivity index (χ1n) is 9.10. The number of carboxylic acid groups (broad SMARTS) is 1. The minimum Gasteiger partial charge on any atom is -0.550 e. The summed E-state index contributed by atoms with van der Waals surface area (Å²) in [6.07, 6.45) is 2.89. The zero-order chi connectivity index (χ0) is 17.8. The van der Waals surface area contributed by atoms with Crippen molar-refractivity contribution in [3.8, 4) is 0 Å². The zero-order valence-corrected chi connectivity index (χ0v) is 14.7. The Kier molecular flexibility index (Phi) is 5.58. The van der Waals surface area contributed by atoms with E-state index in [4.69, 9.17) is 0 Å². The van der Waals surface area contributed by atoms with Gasteiger partial charge in [-0.05, 0) is 44.2 Å². The number of likely N-dealkylation sites (N-methyl/N-ethyl adjacent to an activating group) is 1. The molecule has 2 fully saturated rings. The standard InChI is InChI=1S/C19H27N3O3/c1-21-10-12-22(13-11-21)15-8-6-14(7-9-15)20-18(23)16-4-2-3-5-17(16)19(24)25/h6-9,16-17H,2-5,10-13H2,1H3,(H,20,23)(H,24,25)/p-1. The van der Waals surface area contributed by atoms with Crippen LogP contribution in [-0.2, 0) is 9.59 Å². The van der Waals surface area contributed by atoms with Crippen LogP contribution in [0.2, 0.25) is 0 Å². The maximum atomic E-state index is 12.5. The van der Waals surface area contributed by atoms with E-state index in [1.165, 1.54) is 0 Å². The summed E-state index contributed by atoms with van der Waals surface area (Å²) in [6.45, 7) is 4.09. The third-order valence-electron chi connectivity index (χ3n) is 5.41. The highest BCUT2D eigenvalue weighted by Gasteiger charge is 2.31. The molecule has 1 aliphatic carbocycles. The van der Waals surface area contributed by atoms with Crippen molar-refractivity contribution in [1.29, 1.82) is 0 Å².